The standard InChI is InChI=1S/C16H15ClN6S/c1-11(12-6-8-18-9-7-12)20-21-15-19-16(23-22-15)24-10-13-4-2-3-5-14(13)17/h2-9H,10H2,1H3,(H2,19,21,22,23)/b20-11+. The molecule has 0 atom stereocenters. The predicted molar refractivity (Wildman–Crippen MR) is 97.5 cm³/mol. The number of halogens is 1. The Hall–Kier alpha value is -2.38. The second kappa shape index (κ2) is 7.94. The molecular weight excluding hydrogens is 344 g/mol. The molecule has 0 spiro atoms. The summed E-state index contributed by atoms with van der Waals surface area (Å²) in [6.45, 7) is 1.91. The summed E-state index contributed by atoms with van der Waals surface area (Å²) in [5, 5.41) is 12.6. The van der Waals surface area contributed by atoms with Crippen molar-refractivity contribution in [3.63, 3.8) is 0 Å². The van der Waals surface area contributed by atoms with Crippen LogP contribution in [0.15, 0.2) is 59.0 Å². The van der Waals surface area contributed by atoms with E-state index in [2.05, 4.69) is 30.7 Å². The molecule has 2 aromatic heterocycles. The molecule has 0 radical (unpaired) electrons. The first kappa shape index (κ1) is 16.5. The van der Waals surface area contributed by atoms with E-state index in [1.807, 2.05) is 43.3 Å². The quantitative estimate of drug-likeness (QED) is 0.396. The van der Waals surface area contributed by atoms with Crippen molar-refractivity contribution in [3.8, 4) is 0 Å². The number of nitrogens with one attached hydrogen (secondary N) is 2. The fourth-order valence-electron chi connectivity index (χ4n) is 1.91. The lowest BCUT2D eigenvalue weighted by Gasteiger charge is -2.01. The number of hydrogen-bond acceptors (Lipinski definition) is 6. The maximum atomic E-state index is 6.14. The first-order chi connectivity index (χ1) is 11.7. The van der Waals surface area contributed by atoms with Crippen LogP contribution >= 0.6 is 23.4 Å². The first-order valence-electron chi connectivity index (χ1n) is 7.21. The van der Waals surface area contributed by atoms with Gasteiger partial charge in [0.25, 0.3) is 0 Å². The normalized spacial score (nSPS) is 11.5. The van der Waals surface area contributed by atoms with Crippen molar-refractivity contribution in [2.24, 2.45) is 5.10 Å². The van der Waals surface area contributed by atoms with Gasteiger partial charge in [-0.3, -0.25) is 4.98 Å². The summed E-state index contributed by atoms with van der Waals surface area (Å²) in [6.07, 6.45) is 3.46. The van der Waals surface area contributed by atoms with Crippen molar-refractivity contribution in [2.45, 2.75) is 17.8 Å². The molecule has 0 amide bonds. The largest absolute Gasteiger partial charge is 0.265 e. The lowest BCUT2D eigenvalue weighted by atomic mass is 10.2. The fourth-order valence-corrected chi connectivity index (χ4v) is 3.00. The molecule has 0 unspecified atom stereocenters. The summed E-state index contributed by atoms with van der Waals surface area (Å²) in [4.78, 5) is 8.33. The third-order valence-electron chi connectivity index (χ3n) is 3.21. The Bertz CT molecular complexity index is 833. The lowest BCUT2D eigenvalue weighted by Crippen LogP contribution is -2.00. The Kier molecular flexibility index (Phi) is 5.45. The second-order valence-corrected chi connectivity index (χ2v) is 6.24. The van der Waals surface area contributed by atoms with Crippen molar-refractivity contribution >= 4 is 35.0 Å². The zero-order valence-corrected chi connectivity index (χ0v) is 14.5. The van der Waals surface area contributed by atoms with E-state index in [9.17, 15) is 0 Å². The number of pyridine rings is 1. The van der Waals surface area contributed by atoms with E-state index in [0.717, 1.165) is 21.9 Å². The number of rotatable bonds is 6. The van der Waals surface area contributed by atoms with Crippen LogP contribution in [-0.4, -0.2) is 25.9 Å². The highest BCUT2D eigenvalue weighted by molar-refractivity contribution is 7.98. The average molecular weight is 359 g/mol. The summed E-state index contributed by atoms with van der Waals surface area (Å²) in [7, 11) is 0. The number of aromatic amines is 1. The molecule has 1 aromatic carbocycles. The van der Waals surface area contributed by atoms with Gasteiger partial charge in [-0.1, -0.05) is 41.6 Å². The minimum atomic E-state index is 0.491. The van der Waals surface area contributed by atoms with Gasteiger partial charge in [0, 0.05) is 28.7 Å². The van der Waals surface area contributed by atoms with Crippen LogP contribution < -0.4 is 5.43 Å². The van der Waals surface area contributed by atoms with Gasteiger partial charge in [0.1, 0.15) is 0 Å². The van der Waals surface area contributed by atoms with Gasteiger partial charge in [0.2, 0.25) is 11.1 Å². The number of thioether (sulfide) groups is 1. The maximum Gasteiger partial charge on any atom is 0.240 e. The molecular formula is C16H15ClN6S. The average Bonchev–Trinajstić information content (AvgIpc) is 3.08. The van der Waals surface area contributed by atoms with Crippen LogP contribution in [0.1, 0.15) is 18.1 Å². The molecule has 0 aliphatic carbocycles. The Morgan fingerprint density at radius 3 is 2.83 bits per heavy atom. The third kappa shape index (κ3) is 4.33. The number of benzene rings is 1. The minimum Gasteiger partial charge on any atom is -0.265 e. The van der Waals surface area contributed by atoms with Gasteiger partial charge >= 0.3 is 0 Å². The lowest BCUT2D eigenvalue weighted by molar-refractivity contribution is 0.972. The molecule has 6 nitrogen and oxygen atoms in total. The molecule has 0 bridgehead atoms. The van der Waals surface area contributed by atoms with Crippen LogP contribution in [0.2, 0.25) is 5.02 Å². The summed E-state index contributed by atoms with van der Waals surface area (Å²) < 4.78 is 0. The number of anilines is 1. The number of aromatic nitrogens is 4. The van der Waals surface area contributed by atoms with E-state index in [1.165, 1.54) is 11.8 Å². The summed E-state index contributed by atoms with van der Waals surface area (Å²) >= 11 is 7.65. The Morgan fingerprint density at radius 1 is 1.25 bits per heavy atom. The van der Waals surface area contributed by atoms with Crippen LogP contribution in [0.25, 0.3) is 0 Å². The highest BCUT2D eigenvalue weighted by Gasteiger charge is 2.06. The van der Waals surface area contributed by atoms with Crippen molar-refractivity contribution in [1.82, 2.24) is 20.2 Å². The van der Waals surface area contributed by atoms with Crippen LogP contribution in [-0.2, 0) is 5.75 Å². The zero-order chi connectivity index (χ0) is 16.8. The van der Waals surface area contributed by atoms with Crippen LogP contribution in [0.3, 0.4) is 0 Å². The van der Waals surface area contributed by atoms with Crippen LogP contribution in [0.5, 0.6) is 0 Å². The Balaban J connectivity index is 1.59. The number of hydrazone groups is 1. The molecule has 2 N–H and O–H groups in total. The predicted octanol–water partition coefficient (Wildman–Crippen LogP) is 3.98. The van der Waals surface area contributed by atoms with Crippen molar-refractivity contribution in [1.29, 1.82) is 0 Å². The molecule has 3 aromatic rings. The van der Waals surface area contributed by atoms with Gasteiger partial charge in [0.15, 0.2) is 0 Å². The van der Waals surface area contributed by atoms with Gasteiger partial charge < -0.3 is 0 Å². The SMILES string of the molecule is C/C(=N\Nc1nc(SCc2ccccc2Cl)n[nH]1)c1ccncc1. The molecule has 0 saturated heterocycles. The molecule has 122 valence electrons. The molecule has 3 rings (SSSR count). The van der Waals surface area contributed by atoms with E-state index in [0.29, 0.717) is 16.9 Å². The first-order valence-corrected chi connectivity index (χ1v) is 8.58. The molecule has 0 fully saturated rings. The summed E-state index contributed by atoms with van der Waals surface area (Å²) in [6, 6.07) is 11.5. The third-order valence-corrected chi connectivity index (χ3v) is 4.47. The Morgan fingerprint density at radius 2 is 2.04 bits per heavy atom. The van der Waals surface area contributed by atoms with Crippen molar-refractivity contribution in [3.05, 3.63) is 64.9 Å². The molecule has 0 aliphatic rings. The highest BCUT2D eigenvalue weighted by Crippen LogP contribution is 2.24. The fraction of sp³-hybridized carbons (Fsp3) is 0.125. The van der Waals surface area contributed by atoms with E-state index in [4.69, 9.17) is 11.6 Å². The summed E-state index contributed by atoms with van der Waals surface area (Å²) in [5.74, 6) is 1.20. The summed E-state index contributed by atoms with van der Waals surface area (Å²) in [5.41, 5.74) is 5.75. The maximum absolute atomic E-state index is 6.14. The van der Waals surface area contributed by atoms with Gasteiger partial charge in [-0.2, -0.15) is 10.1 Å². The van der Waals surface area contributed by atoms with Gasteiger partial charge in [-0.05, 0) is 30.7 Å². The van der Waals surface area contributed by atoms with E-state index >= 15 is 0 Å². The smallest absolute Gasteiger partial charge is 0.240 e. The monoisotopic (exact) mass is 358 g/mol. The van der Waals surface area contributed by atoms with E-state index in [-0.39, 0.29) is 0 Å². The highest BCUT2D eigenvalue weighted by atomic mass is 35.5. The van der Waals surface area contributed by atoms with E-state index < -0.39 is 0 Å². The Labute approximate surface area is 148 Å². The van der Waals surface area contributed by atoms with Gasteiger partial charge in [0.05, 0.1) is 5.71 Å². The van der Waals surface area contributed by atoms with Gasteiger partial charge in [-0.15, -0.1) is 5.10 Å². The number of hydrogen-bond donors (Lipinski definition) is 2. The van der Waals surface area contributed by atoms with Crippen LogP contribution in [0.4, 0.5) is 5.95 Å². The number of nitrogens with zero attached hydrogens (tertiary/aromatic N) is 4. The topological polar surface area (TPSA) is 78.9 Å². The molecule has 2 heterocycles. The molecule has 0 aliphatic heterocycles. The van der Waals surface area contributed by atoms with Crippen LogP contribution in [0, 0.1) is 0 Å². The molecule has 8 heteroatoms. The van der Waals surface area contributed by atoms with Crippen molar-refractivity contribution in [2.75, 3.05) is 5.43 Å². The minimum absolute atomic E-state index is 0.491. The van der Waals surface area contributed by atoms with Gasteiger partial charge in [-0.25, -0.2) is 10.5 Å². The molecule has 0 saturated carbocycles. The second-order valence-electron chi connectivity index (χ2n) is 4.89. The molecule has 24 heavy (non-hydrogen) atoms. The zero-order valence-electron chi connectivity index (χ0n) is 12.9. The van der Waals surface area contributed by atoms with Crippen molar-refractivity contribution < 1.29 is 0 Å². The number of H-pyrrole nitrogens is 1. The van der Waals surface area contributed by atoms with E-state index in [1.54, 1.807) is 12.4 Å².